The van der Waals surface area contributed by atoms with E-state index in [9.17, 15) is 9.59 Å². The standard InChI is InChI=1S/C26H21Cl2NO5/c1-3-32-22-11-7-6-10-20(22)29-26(31)15(2)33-25-23(30)18-14-16(27)12-13-21(18)34-24(25)17-8-4-5-9-19(17)28/h4-15H,3H2,1-2H3,(H,29,31)/t15-/m1/s1. The maximum Gasteiger partial charge on any atom is 0.265 e. The highest BCUT2D eigenvalue weighted by atomic mass is 35.5. The molecule has 0 aliphatic heterocycles. The quantitative estimate of drug-likeness (QED) is 0.312. The third-order valence-electron chi connectivity index (χ3n) is 5.04. The van der Waals surface area contributed by atoms with Crippen molar-refractivity contribution in [2.45, 2.75) is 20.0 Å². The molecule has 0 fully saturated rings. The van der Waals surface area contributed by atoms with Crippen LogP contribution in [-0.4, -0.2) is 18.6 Å². The fourth-order valence-electron chi connectivity index (χ4n) is 3.40. The SMILES string of the molecule is CCOc1ccccc1NC(=O)[C@@H](C)Oc1c(-c2ccccc2Cl)oc2ccc(Cl)cc2c1=O. The van der Waals surface area contributed by atoms with Crippen molar-refractivity contribution in [2.75, 3.05) is 11.9 Å². The van der Waals surface area contributed by atoms with E-state index < -0.39 is 17.4 Å². The summed E-state index contributed by atoms with van der Waals surface area (Å²) in [5, 5.41) is 3.75. The highest BCUT2D eigenvalue weighted by molar-refractivity contribution is 6.33. The number of rotatable bonds is 7. The summed E-state index contributed by atoms with van der Waals surface area (Å²) < 4.78 is 17.5. The molecular formula is C26H21Cl2NO5. The fourth-order valence-corrected chi connectivity index (χ4v) is 3.79. The van der Waals surface area contributed by atoms with Crippen LogP contribution >= 0.6 is 23.2 Å². The molecule has 8 heteroatoms. The molecule has 1 heterocycles. The number of amides is 1. The zero-order valence-corrected chi connectivity index (χ0v) is 19.9. The lowest BCUT2D eigenvalue weighted by molar-refractivity contribution is -0.122. The lowest BCUT2D eigenvalue weighted by atomic mass is 10.1. The summed E-state index contributed by atoms with van der Waals surface area (Å²) in [5.74, 6) is 0.0495. The molecule has 6 nitrogen and oxygen atoms in total. The minimum absolute atomic E-state index is 0.125. The zero-order chi connectivity index (χ0) is 24.2. The summed E-state index contributed by atoms with van der Waals surface area (Å²) in [6, 6.07) is 18.7. The lowest BCUT2D eigenvalue weighted by Gasteiger charge is -2.18. The second-order valence-electron chi connectivity index (χ2n) is 7.39. The van der Waals surface area contributed by atoms with Crippen molar-refractivity contribution in [1.29, 1.82) is 0 Å². The third kappa shape index (κ3) is 4.88. The molecule has 1 atom stereocenters. The Morgan fingerprint density at radius 2 is 1.79 bits per heavy atom. The molecule has 1 aromatic heterocycles. The number of para-hydroxylation sites is 2. The first-order chi connectivity index (χ1) is 16.4. The number of nitrogens with one attached hydrogen (secondary N) is 1. The predicted molar refractivity (Wildman–Crippen MR) is 134 cm³/mol. The summed E-state index contributed by atoms with van der Waals surface area (Å²) in [6.07, 6.45) is -1.05. The van der Waals surface area contributed by atoms with Gasteiger partial charge in [0.25, 0.3) is 5.91 Å². The molecule has 3 aromatic carbocycles. The molecule has 34 heavy (non-hydrogen) atoms. The molecule has 4 aromatic rings. The second-order valence-corrected chi connectivity index (χ2v) is 8.23. The number of hydrogen-bond donors (Lipinski definition) is 1. The van der Waals surface area contributed by atoms with Gasteiger partial charge in [0, 0.05) is 10.6 Å². The number of hydrogen-bond acceptors (Lipinski definition) is 5. The predicted octanol–water partition coefficient (Wildman–Crippen LogP) is 6.57. The third-order valence-corrected chi connectivity index (χ3v) is 5.60. The molecule has 1 amide bonds. The van der Waals surface area contributed by atoms with Gasteiger partial charge in [-0.05, 0) is 56.3 Å². The van der Waals surface area contributed by atoms with Crippen LogP contribution in [0.2, 0.25) is 10.0 Å². The summed E-state index contributed by atoms with van der Waals surface area (Å²) >= 11 is 12.5. The highest BCUT2D eigenvalue weighted by Crippen LogP contribution is 2.36. The summed E-state index contributed by atoms with van der Waals surface area (Å²) in [6.45, 7) is 3.84. The Kier molecular flexibility index (Phi) is 7.10. The monoisotopic (exact) mass is 497 g/mol. The van der Waals surface area contributed by atoms with Crippen LogP contribution in [0.15, 0.2) is 75.9 Å². The van der Waals surface area contributed by atoms with Crippen LogP contribution in [0.4, 0.5) is 5.69 Å². The van der Waals surface area contributed by atoms with Gasteiger partial charge in [0.15, 0.2) is 11.9 Å². The van der Waals surface area contributed by atoms with Crippen molar-refractivity contribution in [3.05, 3.63) is 87.0 Å². The molecular weight excluding hydrogens is 477 g/mol. The topological polar surface area (TPSA) is 77.8 Å². The van der Waals surface area contributed by atoms with Crippen molar-refractivity contribution < 1.29 is 18.7 Å². The van der Waals surface area contributed by atoms with E-state index in [2.05, 4.69) is 5.32 Å². The van der Waals surface area contributed by atoms with Gasteiger partial charge >= 0.3 is 0 Å². The summed E-state index contributed by atoms with van der Waals surface area (Å²) in [7, 11) is 0. The molecule has 4 rings (SSSR count). The maximum absolute atomic E-state index is 13.4. The van der Waals surface area contributed by atoms with Crippen molar-refractivity contribution in [3.8, 4) is 22.8 Å². The summed E-state index contributed by atoms with van der Waals surface area (Å²) in [5.41, 5.74) is 0.809. The highest BCUT2D eigenvalue weighted by Gasteiger charge is 2.24. The van der Waals surface area contributed by atoms with Gasteiger partial charge in [0.2, 0.25) is 11.2 Å². The van der Waals surface area contributed by atoms with E-state index in [0.717, 1.165) is 0 Å². The van der Waals surface area contributed by atoms with E-state index in [1.54, 1.807) is 54.6 Å². The molecule has 0 saturated carbocycles. The number of ether oxygens (including phenoxy) is 2. The normalized spacial score (nSPS) is 11.8. The maximum atomic E-state index is 13.4. The molecule has 0 aliphatic carbocycles. The van der Waals surface area contributed by atoms with Crippen LogP contribution in [0, 0.1) is 0 Å². The van der Waals surface area contributed by atoms with Crippen molar-refractivity contribution in [3.63, 3.8) is 0 Å². The average Bonchev–Trinajstić information content (AvgIpc) is 2.83. The van der Waals surface area contributed by atoms with E-state index in [0.29, 0.717) is 39.2 Å². The molecule has 0 spiro atoms. The molecule has 0 bridgehead atoms. The van der Waals surface area contributed by atoms with Gasteiger partial charge in [0.1, 0.15) is 11.3 Å². The van der Waals surface area contributed by atoms with Gasteiger partial charge in [-0.3, -0.25) is 9.59 Å². The van der Waals surface area contributed by atoms with Crippen LogP contribution in [0.5, 0.6) is 11.5 Å². The van der Waals surface area contributed by atoms with Crippen LogP contribution < -0.4 is 20.2 Å². The number of fused-ring (bicyclic) bond motifs is 1. The number of halogens is 2. The van der Waals surface area contributed by atoms with Crippen LogP contribution in [0.1, 0.15) is 13.8 Å². The van der Waals surface area contributed by atoms with Crippen LogP contribution in [-0.2, 0) is 4.79 Å². The van der Waals surface area contributed by atoms with Crippen molar-refractivity contribution in [1.82, 2.24) is 0 Å². The number of benzene rings is 3. The number of anilines is 1. The largest absolute Gasteiger partial charge is 0.492 e. The molecule has 0 saturated heterocycles. The van der Waals surface area contributed by atoms with Gasteiger partial charge in [-0.15, -0.1) is 0 Å². The van der Waals surface area contributed by atoms with E-state index in [1.807, 2.05) is 13.0 Å². The van der Waals surface area contributed by atoms with Gasteiger partial charge < -0.3 is 19.2 Å². The molecule has 174 valence electrons. The minimum atomic E-state index is -1.05. The molecule has 0 radical (unpaired) electrons. The lowest BCUT2D eigenvalue weighted by Crippen LogP contribution is -2.32. The first-order valence-electron chi connectivity index (χ1n) is 10.6. The van der Waals surface area contributed by atoms with E-state index in [4.69, 9.17) is 37.1 Å². The van der Waals surface area contributed by atoms with E-state index in [-0.39, 0.29) is 16.9 Å². The van der Waals surface area contributed by atoms with Gasteiger partial charge in [-0.2, -0.15) is 0 Å². The molecule has 1 N–H and O–H groups in total. The molecule has 0 unspecified atom stereocenters. The first-order valence-corrected chi connectivity index (χ1v) is 11.3. The van der Waals surface area contributed by atoms with Crippen LogP contribution in [0.3, 0.4) is 0 Å². The Balaban J connectivity index is 1.74. The van der Waals surface area contributed by atoms with Crippen molar-refractivity contribution >= 4 is 45.8 Å². The Morgan fingerprint density at radius 3 is 2.56 bits per heavy atom. The average molecular weight is 498 g/mol. The van der Waals surface area contributed by atoms with Gasteiger partial charge in [-0.25, -0.2) is 0 Å². The van der Waals surface area contributed by atoms with E-state index in [1.165, 1.54) is 13.0 Å². The Bertz CT molecular complexity index is 1420. The fraction of sp³-hybridized carbons (Fsp3) is 0.154. The Morgan fingerprint density at radius 1 is 1.06 bits per heavy atom. The van der Waals surface area contributed by atoms with Crippen molar-refractivity contribution in [2.24, 2.45) is 0 Å². The van der Waals surface area contributed by atoms with Crippen LogP contribution in [0.25, 0.3) is 22.3 Å². The second kappa shape index (κ2) is 10.2. The molecule has 0 aliphatic rings. The minimum Gasteiger partial charge on any atom is -0.492 e. The van der Waals surface area contributed by atoms with E-state index >= 15 is 0 Å². The van der Waals surface area contributed by atoms with Gasteiger partial charge in [0.05, 0.1) is 22.7 Å². The Hall–Kier alpha value is -3.48. The first kappa shape index (κ1) is 23.7. The Labute approximate surface area is 206 Å². The zero-order valence-electron chi connectivity index (χ0n) is 18.4. The number of carbonyl (C=O) groups is 1. The summed E-state index contributed by atoms with van der Waals surface area (Å²) in [4.78, 5) is 26.3. The number of carbonyl (C=O) groups excluding carboxylic acids is 1. The van der Waals surface area contributed by atoms with Gasteiger partial charge in [-0.1, -0.05) is 47.5 Å². The smallest absolute Gasteiger partial charge is 0.265 e.